The normalized spacial score (nSPS) is 10.8. The summed E-state index contributed by atoms with van der Waals surface area (Å²) in [7, 11) is 0.450. The predicted molar refractivity (Wildman–Crippen MR) is 255 cm³/mol. The minimum absolute atomic E-state index is 0.205. The fourth-order valence-corrected chi connectivity index (χ4v) is 7.01. The summed E-state index contributed by atoms with van der Waals surface area (Å²) < 4.78 is 43.5. The van der Waals surface area contributed by atoms with Crippen molar-refractivity contribution in [3.63, 3.8) is 0 Å². The minimum atomic E-state index is -3.52. The Bertz CT molecular complexity index is 3320. The van der Waals surface area contributed by atoms with Crippen LogP contribution in [0.1, 0.15) is 48.2 Å². The topological polar surface area (TPSA) is 225 Å². The van der Waals surface area contributed by atoms with Gasteiger partial charge in [0.15, 0.2) is 0 Å². The Morgan fingerprint density at radius 2 is 1.13 bits per heavy atom. The van der Waals surface area contributed by atoms with E-state index in [2.05, 4.69) is 44.3 Å². The van der Waals surface area contributed by atoms with Crippen LogP contribution in [0.15, 0.2) is 128 Å². The zero-order chi connectivity index (χ0) is 48.8. The number of esters is 3. The molecule has 0 amide bonds. The van der Waals surface area contributed by atoms with Crippen LogP contribution in [-0.4, -0.2) is 98.6 Å². The van der Waals surface area contributed by atoms with Crippen LogP contribution in [0.3, 0.4) is 0 Å². The van der Waals surface area contributed by atoms with E-state index in [1.165, 1.54) is 39.7 Å². The van der Waals surface area contributed by atoms with Crippen LogP contribution in [0.4, 0.5) is 0 Å². The molecule has 6 heterocycles. The van der Waals surface area contributed by atoms with E-state index in [-0.39, 0.29) is 18.5 Å². The molecule has 0 atom stereocenters. The number of nitrogens with zero attached hydrogens (tertiary/aromatic N) is 8. The molecule has 0 aliphatic rings. The summed E-state index contributed by atoms with van der Waals surface area (Å²) in [4.78, 5) is 46.6. The molecule has 0 saturated heterocycles. The van der Waals surface area contributed by atoms with Gasteiger partial charge >= 0.3 is 17.9 Å². The van der Waals surface area contributed by atoms with Crippen LogP contribution in [0.5, 0.6) is 0 Å². The van der Waals surface area contributed by atoms with Gasteiger partial charge in [0, 0.05) is 56.0 Å². The number of hydrogen-bond donors (Lipinski definition) is 1. The van der Waals surface area contributed by atoms with Gasteiger partial charge in [-0.15, -0.1) is 0 Å². The molecule has 68 heavy (non-hydrogen) atoms. The second-order valence-electron chi connectivity index (χ2n) is 14.2. The van der Waals surface area contributed by atoms with Crippen LogP contribution in [0, 0.1) is 0 Å². The minimum Gasteiger partial charge on any atom is -0.465 e. The molecule has 1 N–H and O–H groups in total. The highest BCUT2D eigenvalue weighted by atomic mass is 35.5. The highest BCUT2D eigenvalue weighted by Crippen LogP contribution is 2.21. The molecule has 350 valence electrons. The number of pyridine rings is 3. The highest BCUT2D eigenvalue weighted by molar-refractivity contribution is 7.85. The van der Waals surface area contributed by atoms with Gasteiger partial charge in [0.2, 0.25) is 0 Å². The number of H-pyrrole nitrogens is 1. The summed E-state index contributed by atoms with van der Waals surface area (Å²) in [5, 5.41) is 20.5. The third kappa shape index (κ3) is 14.4. The Labute approximate surface area is 403 Å². The van der Waals surface area contributed by atoms with Gasteiger partial charge in [-0.3, -0.25) is 33.6 Å². The zero-order valence-electron chi connectivity index (χ0n) is 36.5. The number of fused-ring (bicyclic) bond motifs is 3. The molecule has 0 saturated carbocycles. The number of nitrogens with one attached hydrogen (secondary N) is 1. The van der Waals surface area contributed by atoms with Crippen molar-refractivity contribution < 1.29 is 41.2 Å². The van der Waals surface area contributed by atoms with Crippen LogP contribution in [0.2, 0.25) is 15.1 Å². The molecule has 22 heteroatoms. The van der Waals surface area contributed by atoms with Gasteiger partial charge in [-0.1, -0.05) is 34.8 Å². The number of benzene rings is 3. The quantitative estimate of drug-likeness (QED) is 0.0771. The first kappa shape index (κ1) is 50.1. The van der Waals surface area contributed by atoms with E-state index >= 15 is 0 Å². The summed E-state index contributed by atoms with van der Waals surface area (Å²) in [6.45, 7) is 0.733. The van der Waals surface area contributed by atoms with E-state index in [0.29, 0.717) is 45.5 Å². The van der Waals surface area contributed by atoms with Gasteiger partial charge in [0.25, 0.3) is 10.1 Å². The summed E-state index contributed by atoms with van der Waals surface area (Å²) in [5.74, 6) is -1.27. The molecule has 0 fully saturated rings. The van der Waals surface area contributed by atoms with Crippen LogP contribution < -0.4 is 0 Å². The van der Waals surface area contributed by atoms with Gasteiger partial charge in [-0.25, -0.2) is 14.4 Å². The lowest BCUT2D eigenvalue weighted by molar-refractivity contribution is 0.0591. The summed E-state index contributed by atoms with van der Waals surface area (Å²) in [6, 6.07) is 26.3. The third-order valence-corrected chi connectivity index (χ3v) is 10.5. The van der Waals surface area contributed by atoms with Crippen molar-refractivity contribution in [2.45, 2.75) is 19.7 Å². The summed E-state index contributed by atoms with van der Waals surface area (Å²) >= 11 is 17.7. The van der Waals surface area contributed by atoms with Crippen LogP contribution in [0.25, 0.3) is 32.7 Å². The largest absolute Gasteiger partial charge is 0.465 e. The van der Waals surface area contributed by atoms with Gasteiger partial charge in [-0.2, -0.15) is 23.7 Å². The Morgan fingerprint density at radius 1 is 0.618 bits per heavy atom. The van der Waals surface area contributed by atoms with E-state index in [0.717, 1.165) is 55.4 Å². The monoisotopic (exact) mass is 999 g/mol. The zero-order valence-corrected chi connectivity index (χ0v) is 39.6. The maximum Gasteiger partial charge on any atom is 0.337 e. The number of carbonyl (C=O) groups is 3. The molecule has 0 radical (unpaired) electrons. The molecule has 0 unspecified atom stereocenters. The maximum atomic E-state index is 11.5. The number of hydrogen-bond acceptors (Lipinski definition) is 15. The van der Waals surface area contributed by atoms with Gasteiger partial charge in [-0.05, 0) is 91.0 Å². The van der Waals surface area contributed by atoms with E-state index in [1.54, 1.807) is 59.8 Å². The standard InChI is InChI=1S/2C15H12ClN3O2.C9H11NO5S.C7H5ClN2/c1-21-15(20)10-4-5-17-13(7-10)9-19-8-11-6-12(16)2-3-14(11)18-19;1-21-15(20)10-4-5-17-13(7-10)9-19-14-3-2-12(16)6-11(14)8-18-19;1-14-9(11)7-3-4-10-8(5-7)6-15-16(2,12)13;8-6-1-2-7-5(3-6)4-9-10-7/h2*2-8H,9H2,1H3;3-5H,6H2,1-2H3;1-4H,(H,9,10). The molecular formula is C46H40Cl3N9O9S. The number of halogens is 3. The van der Waals surface area contributed by atoms with Crippen molar-refractivity contribution in [3.05, 3.63) is 177 Å². The van der Waals surface area contributed by atoms with Crippen molar-refractivity contribution in [2.24, 2.45) is 0 Å². The molecule has 0 bridgehead atoms. The number of aromatic amines is 1. The maximum absolute atomic E-state index is 11.5. The third-order valence-electron chi connectivity index (χ3n) is 9.29. The first-order valence-electron chi connectivity index (χ1n) is 19.9. The average Bonchev–Trinajstić information content (AvgIpc) is 4.08. The number of carbonyl (C=O) groups excluding carboxylic acids is 3. The first-order chi connectivity index (χ1) is 32.6. The highest BCUT2D eigenvalue weighted by Gasteiger charge is 2.12. The van der Waals surface area contributed by atoms with Crippen molar-refractivity contribution >= 4 is 95.5 Å². The van der Waals surface area contributed by atoms with Gasteiger partial charge in [0.05, 0.1) is 103 Å². The predicted octanol–water partition coefficient (Wildman–Crippen LogP) is 8.40. The lowest BCUT2D eigenvalue weighted by Gasteiger charge is -2.05. The summed E-state index contributed by atoms with van der Waals surface area (Å²) in [6.07, 6.45) is 10.9. The molecule has 0 spiro atoms. The Kier molecular flexibility index (Phi) is 17.3. The lowest BCUT2D eigenvalue weighted by Crippen LogP contribution is -2.06. The van der Waals surface area contributed by atoms with E-state index in [1.807, 2.05) is 59.4 Å². The van der Waals surface area contributed by atoms with Gasteiger partial charge in [0.1, 0.15) is 6.61 Å². The van der Waals surface area contributed by atoms with E-state index < -0.39 is 16.1 Å². The number of methoxy groups -OCH3 is 3. The second-order valence-corrected chi connectivity index (χ2v) is 17.1. The molecule has 18 nitrogen and oxygen atoms in total. The molecule has 9 aromatic rings. The first-order valence-corrected chi connectivity index (χ1v) is 22.8. The van der Waals surface area contributed by atoms with Crippen molar-refractivity contribution in [1.29, 1.82) is 0 Å². The van der Waals surface area contributed by atoms with Gasteiger partial charge < -0.3 is 14.2 Å². The average molecular weight is 1000 g/mol. The molecule has 0 aliphatic heterocycles. The fourth-order valence-electron chi connectivity index (χ4n) is 6.13. The van der Waals surface area contributed by atoms with Crippen molar-refractivity contribution in [3.8, 4) is 0 Å². The Balaban J connectivity index is 0.000000154. The second kappa shape index (κ2) is 23.4. The lowest BCUT2D eigenvalue weighted by atomic mass is 10.2. The molecule has 6 aromatic heterocycles. The van der Waals surface area contributed by atoms with Crippen LogP contribution >= 0.6 is 34.8 Å². The fraction of sp³-hybridized carbons (Fsp3) is 0.152. The molecule has 0 aliphatic carbocycles. The van der Waals surface area contributed by atoms with Crippen LogP contribution in [-0.2, 0) is 48.2 Å². The summed E-state index contributed by atoms with van der Waals surface area (Å²) in [5.41, 5.74) is 5.90. The SMILES string of the molecule is COC(=O)c1ccnc(COS(C)(=O)=O)c1.COC(=O)c1ccnc(Cn2cc3cc(Cl)ccc3n2)c1.COC(=O)c1ccnc(Cn2ncc3cc(Cl)ccc32)c1.Clc1ccc2[nH]ncc2c1. The van der Waals surface area contributed by atoms with E-state index in [9.17, 15) is 22.8 Å². The van der Waals surface area contributed by atoms with Crippen molar-refractivity contribution in [2.75, 3.05) is 27.6 Å². The number of rotatable bonds is 10. The molecule has 9 rings (SSSR count). The van der Waals surface area contributed by atoms with E-state index in [4.69, 9.17) is 44.3 Å². The van der Waals surface area contributed by atoms with Crippen molar-refractivity contribution in [1.82, 2.24) is 44.7 Å². The number of ether oxygens (including phenoxy) is 3. The Morgan fingerprint density at radius 3 is 1.72 bits per heavy atom. The number of aromatic nitrogens is 9. The molecular weight excluding hydrogens is 961 g/mol. The smallest absolute Gasteiger partial charge is 0.337 e. The Hall–Kier alpha value is -7.29. The molecule has 3 aromatic carbocycles.